The van der Waals surface area contributed by atoms with Crippen LogP contribution in [-0.2, 0) is 6.61 Å². The number of hydrogen-bond donors (Lipinski definition) is 1. The van der Waals surface area contributed by atoms with Crippen LogP contribution in [0.1, 0.15) is 16.9 Å². The standard InChI is InChI=1S/C18H13F2NO2/c19-15-8-7-13(10-16(15)20)18-14(11-22)17(23-21-18)9-6-12-4-2-1-3-5-12/h1-10,22H,11H2. The van der Waals surface area contributed by atoms with E-state index in [1.54, 1.807) is 6.08 Å². The summed E-state index contributed by atoms with van der Waals surface area (Å²) in [6.45, 7) is -0.327. The van der Waals surface area contributed by atoms with E-state index in [2.05, 4.69) is 5.16 Å². The van der Waals surface area contributed by atoms with Crippen molar-refractivity contribution in [1.82, 2.24) is 5.16 Å². The van der Waals surface area contributed by atoms with Crippen LogP contribution in [0.2, 0.25) is 0 Å². The molecular weight excluding hydrogens is 300 g/mol. The number of nitrogens with zero attached hydrogens (tertiary/aromatic N) is 1. The summed E-state index contributed by atoms with van der Waals surface area (Å²) in [5, 5.41) is 13.4. The van der Waals surface area contributed by atoms with E-state index in [0.717, 1.165) is 17.7 Å². The number of rotatable bonds is 4. The largest absolute Gasteiger partial charge is 0.391 e. The van der Waals surface area contributed by atoms with E-state index in [-0.39, 0.29) is 6.61 Å². The summed E-state index contributed by atoms with van der Waals surface area (Å²) >= 11 is 0. The van der Waals surface area contributed by atoms with Crippen LogP contribution >= 0.6 is 0 Å². The van der Waals surface area contributed by atoms with E-state index in [9.17, 15) is 13.9 Å². The molecule has 3 rings (SSSR count). The Kier molecular flexibility index (Phi) is 4.30. The second-order valence-electron chi connectivity index (χ2n) is 4.91. The Morgan fingerprint density at radius 2 is 1.78 bits per heavy atom. The van der Waals surface area contributed by atoms with Gasteiger partial charge in [0.15, 0.2) is 17.4 Å². The Morgan fingerprint density at radius 3 is 2.48 bits per heavy atom. The van der Waals surface area contributed by atoms with Gasteiger partial charge in [0, 0.05) is 5.56 Å². The van der Waals surface area contributed by atoms with Gasteiger partial charge in [-0.1, -0.05) is 41.6 Å². The van der Waals surface area contributed by atoms with Gasteiger partial charge in [0.05, 0.1) is 12.2 Å². The maximum absolute atomic E-state index is 13.4. The van der Waals surface area contributed by atoms with Gasteiger partial charge in [0.1, 0.15) is 5.69 Å². The van der Waals surface area contributed by atoms with Crippen molar-refractivity contribution < 1.29 is 18.4 Å². The van der Waals surface area contributed by atoms with Crippen molar-refractivity contribution >= 4 is 12.2 Å². The summed E-state index contributed by atoms with van der Waals surface area (Å²) in [7, 11) is 0. The highest BCUT2D eigenvalue weighted by Crippen LogP contribution is 2.28. The minimum absolute atomic E-state index is 0.291. The van der Waals surface area contributed by atoms with Gasteiger partial charge in [-0.2, -0.15) is 0 Å². The average Bonchev–Trinajstić information content (AvgIpc) is 2.99. The molecule has 0 spiro atoms. The fraction of sp³-hybridized carbons (Fsp3) is 0.0556. The highest BCUT2D eigenvalue weighted by Gasteiger charge is 2.16. The van der Waals surface area contributed by atoms with Gasteiger partial charge in [0.25, 0.3) is 0 Å². The molecule has 0 aliphatic heterocycles. The van der Waals surface area contributed by atoms with Gasteiger partial charge in [-0.15, -0.1) is 0 Å². The van der Waals surface area contributed by atoms with Gasteiger partial charge < -0.3 is 9.63 Å². The Morgan fingerprint density at radius 1 is 1.00 bits per heavy atom. The van der Waals surface area contributed by atoms with Crippen molar-refractivity contribution in [3.8, 4) is 11.3 Å². The summed E-state index contributed by atoms with van der Waals surface area (Å²) in [6, 6.07) is 13.0. The third-order valence-electron chi connectivity index (χ3n) is 3.40. The van der Waals surface area contributed by atoms with Gasteiger partial charge >= 0.3 is 0 Å². The van der Waals surface area contributed by atoms with Crippen LogP contribution in [0.3, 0.4) is 0 Å². The lowest BCUT2D eigenvalue weighted by Crippen LogP contribution is -1.91. The SMILES string of the molecule is OCc1c(-c2ccc(F)c(F)c2)noc1C=Cc1ccccc1. The van der Waals surface area contributed by atoms with Crippen LogP contribution in [0, 0.1) is 11.6 Å². The molecule has 0 amide bonds. The zero-order valence-corrected chi connectivity index (χ0v) is 12.0. The molecule has 2 aromatic carbocycles. The van der Waals surface area contributed by atoms with Crippen LogP contribution in [-0.4, -0.2) is 10.3 Å². The van der Waals surface area contributed by atoms with Gasteiger partial charge in [0.2, 0.25) is 0 Å². The van der Waals surface area contributed by atoms with Crippen LogP contribution in [0.5, 0.6) is 0 Å². The number of aliphatic hydroxyl groups excluding tert-OH is 1. The average molecular weight is 313 g/mol. The van der Waals surface area contributed by atoms with Crippen molar-refractivity contribution in [2.24, 2.45) is 0 Å². The first kappa shape index (κ1) is 15.1. The lowest BCUT2D eigenvalue weighted by molar-refractivity contribution is 0.280. The number of halogens is 2. The van der Waals surface area contributed by atoms with Crippen LogP contribution in [0.15, 0.2) is 53.1 Å². The highest BCUT2D eigenvalue weighted by atomic mass is 19.2. The van der Waals surface area contributed by atoms with Crippen molar-refractivity contribution in [1.29, 1.82) is 0 Å². The first-order valence-electron chi connectivity index (χ1n) is 6.97. The first-order valence-corrected chi connectivity index (χ1v) is 6.97. The fourth-order valence-corrected chi connectivity index (χ4v) is 2.21. The van der Waals surface area contributed by atoms with Gasteiger partial charge in [-0.3, -0.25) is 0 Å². The van der Waals surface area contributed by atoms with Crippen molar-refractivity contribution in [3.63, 3.8) is 0 Å². The zero-order chi connectivity index (χ0) is 16.2. The molecule has 5 heteroatoms. The molecule has 116 valence electrons. The molecule has 0 fully saturated rings. The Balaban J connectivity index is 1.96. The molecule has 0 saturated heterocycles. The summed E-state index contributed by atoms with van der Waals surface area (Å²) in [6.07, 6.45) is 3.49. The molecule has 1 N–H and O–H groups in total. The molecule has 0 bridgehead atoms. The lowest BCUT2D eigenvalue weighted by atomic mass is 10.1. The number of benzene rings is 2. The monoisotopic (exact) mass is 313 g/mol. The molecule has 0 atom stereocenters. The van der Waals surface area contributed by atoms with E-state index in [1.807, 2.05) is 36.4 Å². The molecule has 3 nitrogen and oxygen atoms in total. The fourth-order valence-electron chi connectivity index (χ4n) is 2.21. The number of aliphatic hydroxyl groups is 1. The van der Waals surface area contributed by atoms with E-state index in [0.29, 0.717) is 22.6 Å². The normalized spacial score (nSPS) is 11.3. The van der Waals surface area contributed by atoms with Crippen molar-refractivity contribution in [3.05, 3.63) is 77.1 Å². The summed E-state index contributed by atoms with van der Waals surface area (Å²) in [5.41, 5.74) is 2.01. The predicted molar refractivity (Wildman–Crippen MR) is 83.1 cm³/mol. The smallest absolute Gasteiger partial charge is 0.165 e. The quantitative estimate of drug-likeness (QED) is 0.782. The predicted octanol–water partition coefficient (Wildman–Crippen LogP) is 4.28. The molecule has 0 aliphatic carbocycles. The maximum Gasteiger partial charge on any atom is 0.165 e. The third-order valence-corrected chi connectivity index (χ3v) is 3.40. The Bertz CT molecular complexity index is 841. The second-order valence-corrected chi connectivity index (χ2v) is 4.91. The van der Waals surface area contributed by atoms with Gasteiger partial charge in [-0.25, -0.2) is 8.78 Å². The zero-order valence-electron chi connectivity index (χ0n) is 12.0. The molecule has 1 heterocycles. The van der Waals surface area contributed by atoms with E-state index >= 15 is 0 Å². The van der Waals surface area contributed by atoms with Crippen molar-refractivity contribution in [2.75, 3.05) is 0 Å². The topological polar surface area (TPSA) is 46.3 Å². The molecule has 0 unspecified atom stereocenters. The molecule has 0 radical (unpaired) electrons. The number of aromatic nitrogens is 1. The van der Waals surface area contributed by atoms with Gasteiger partial charge in [-0.05, 0) is 29.8 Å². The molecule has 0 saturated carbocycles. The third kappa shape index (κ3) is 3.19. The number of hydrogen-bond acceptors (Lipinski definition) is 3. The van der Waals surface area contributed by atoms with Crippen LogP contribution in [0.25, 0.3) is 23.4 Å². The van der Waals surface area contributed by atoms with Crippen LogP contribution < -0.4 is 0 Å². The molecule has 0 aliphatic rings. The minimum Gasteiger partial charge on any atom is -0.391 e. The summed E-state index contributed by atoms with van der Waals surface area (Å²) in [4.78, 5) is 0. The lowest BCUT2D eigenvalue weighted by Gasteiger charge is -2.00. The molecule has 3 aromatic rings. The molecule has 23 heavy (non-hydrogen) atoms. The summed E-state index contributed by atoms with van der Waals surface area (Å²) in [5.74, 6) is -1.54. The van der Waals surface area contributed by atoms with Crippen molar-refractivity contribution in [2.45, 2.75) is 6.61 Å². The van der Waals surface area contributed by atoms with Crippen LogP contribution in [0.4, 0.5) is 8.78 Å². The minimum atomic E-state index is -0.976. The Labute approximate surface area is 131 Å². The van der Waals surface area contributed by atoms with E-state index < -0.39 is 11.6 Å². The molecular formula is C18H13F2NO2. The van der Waals surface area contributed by atoms with E-state index in [1.165, 1.54) is 6.07 Å². The molecule has 1 aromatic heterocycles. The highest BCUT2D eigenvalue weighted by molar-refractivity contribution is 5.73. The Hall–Kier alpha value is -2.79. The van der Waals surface area contributed by atoms with E-state index in [4.69, 9.17) is 4.52 Å². The maximum atomic E-state index is 13.4. The first-order chi connectivity index (χ1) is 11.2. The second kappa shape index (κ2) is 6.54. The summed E-state index contributed by atoms with van der Waals surface area (Å²) < 4.78 is 31.6.